The summed E-state index contributed by atoms with van der Waals surface area (Å²) in [6.45, 7) is 0. The second-order valence-corrected chi connectivity index (χ2v) is 4.12. The fraction of sp³-hybridized carbons (Fsp3) is 0.0833. The van der Waals surface area contributed by atoms with Gasteiger partial charge in [0.1, 0.15) is 6.10 Å². The van der Waals surface area contributed by atoms with Gasteiger partial charge in [-0.25, -0.2) is 0 Å². The zero-order valence-corrected chi connectivity index (χ0v) is 9.55. The smallest absolute Gasteiger partial charge is 0.121 e. The van der Waals surface area contributed by atoms with Gasteiger partial charge in [0, 0.05) is 10.7 Å². The van der Waals surface area contributed by atoms with Gasteiger partial charge in [-0.1, -0.05) is 34.1 Å². The molecule has 1 atom stereocenters. The summed E-state index contributed by atoms with van der Waals surface area (Å²) in [6, 6.07) is 13.1. The molecule has 0 spiro atoms. The van der Waals surface area contributed by atoms with E-state index in [1.54, 1.807) is 6.20 Å². The number of aromatic nitrogens is 1. The highest BCUT2D eigenvalue weighted by molar-refractivity contribution is 9.10. The number of halogens is 1. The molecule has 1 heterocycles. The van der Waals surface area contributed by atoms with Crippen molar-refractivity contribution in [1.82, 2.24) is 4.98 Å². The van der Waals surface area contributed by atoms with Gasteiger partial charge < -0.3 is 5.11 Å². The van der Waals surface area contributed by atoms with Gasteiger partial charge in [-0.2, -0.15) is 0 Å². The number of hydrogen-bond acceptors (Lipinski definition) is 2. The van der Waals surface area contributed by atoms with Crippen molar-refractivity contribution in [2.24, 2.45) is 0 Å². The molecule has 2 nitrogen and oxygen atoms in total. The lowest BCUT2D eigenvalue weighted by Crippen LogP contribution is -2.01. The fourth-order valence-electron chi connectivity index (χ4n) is 1.35. The Bertz CT molecular complexity index is 427. The Hall–Kier alpha value is -1.19. The number of pyridine rings is 1. The lowest BCUT2D eigenvalue weighted by atomic mass is 10.1. The van der Waals surface area contributed by atoms with Crippen molar-refractivity contribution in [3.63, 3.8) is 0 Å². The summed E-state index contributed by atoms with van der Waals surface area (Å²) in [5.74, 6) is 0. The third-order valence-electron chi connectivity index (χ3n) is 2.15. The minimum absolute atomic E-state index is 0.653. The Morgan fingerprint density at radius 1 is 1.07 bits per heavy atom. The van der Waals surface area contributed by atoms with Crippen LogP contribution in [0, 0.1) is 0 Å². The van der Waals surface area contributed by atoms with Crippen molar-refractivity contribution < 1.29 is 5.11 Å². The molecule has 0 amide bonds. The van der Waals surface area contributed by atoms with Crippen LogP contribution in [0.4, 0.5) is 0 Å². The molecule has 0 aliphatic carbocycles. The van der Waals surface area contributed by atoms with E-state index in [1.807, 2.05) is 42.5 Å². The van der Waals surface area contributed by atoms with Gasteiger partial charge in [-0.15, -0.1) is 0 Å². The standard InChI is InChI=1S/C12H10BrNO/c13-10-6-4-9(5-7-10)12(15)11-3-1-2-8-14-11/h1-8,12,15H/t12-/m0/s1. The van der Waals surface area contributed by atoms with Gasteiger partial charge in [-0.05, 0) is 29.8 Å². The molecule has 2 rings (SSSR count). The van der Waals surface area contributed by atoms with Crippen LogP contribution in [0.5, 0.6) is 0 Å². The molecule has 1 N–H and O–H groups in total. The van der Waals surface area contributed by atoms with Crippen molar-refractivity contribution >= 4 is 15.9 Å². The van der Waals surface area contributed by atoms with Gasteiger partial charge in [0.2, 0.25) is 0 Å². The predicted molar refractivity (Wildman–Crippen MR) is 62.4 cm³/mol. The second kappa shape index (κ2) is 4.55. The molecule has 3 heteroatoms. The zero-order chi connectivity index (χ0) is 10.7. The minimum Gasteiger partial charge on any atom is -0.382 e. The summed E-state index contributed by atoms with van der Waals surface area (Å²) in [7, 11) is 0. The maximum atomic E-state index is 10.0. The van der Waals surface area contributed by atoms with Crippen LogP contribution in [0.3, 0.4) is 0 Å². The van der Waals surface area contributed by atoms with Crippen LogP contribution in [-0.4, -0.2) is 10.1 Å². The topological polar surface area (TPSA) is 33.1 Å². The highest BCUT2D eigenvalue weighted by Gasteiger charge is 2.10. The Balaban J connectivity index is 2.29. The monoisotopic (exact) mass is 263 g/mol. The van der Waals surface area contributed by atoms with Gasteiger partial charge in [0.25, 0.3) is 0 Å². The molecule has 2 aromatic rings. The van der Waals surface area contributed by atoms with Crippen LogP contribution >= 0.6 is 15.9 Å². The first-order chi connectivity index (χ1) is 7.27. The van der Waals surface area contributed by atoms with Crippen LogP contribution in [0.2, 0.25) is 0 Å². The van der Waals surface area contributed by atoms with E-state index < -0.39 is 6.10 Å². The van der Waals surface area contributed by atoms with Gasteiger partial charge in [-0.3, -0.25) is 4.98 Å². The summed E-state index contributed by atoms with van der Waals surface area (Å²) in [5, 5.41) is 10.0. The van der Waals surface area contributed by atoms with E-state index in [-0.39, 0.29) is 0 Å². The third kappa shape index (κ3) is 2.43. The molecule has 1 aromatic carbocycles. The molecule has 0 saturated carbocycles. The molecule has 0 saturated heterocycles. The Morgan fingerprint density at radius 3 is 2.40 bits per heavy atom. The summed E-state index contributed by atoms with van der Waals surface area (Å²) >= 11 is 3.35. The molecule has 0 aliphatic heterocycles. The lowest BCUT2D eigenvalue weighted by Gasteiger charge is -2.09. The quantitative estimate of drug-likeness (QED) is 0.904. The van der Waals surface area contributed by atoms with Crippen LogP contribution in [0.1, 0.15) is 17.4 Å². The van der Waals surface area contributed by atoms with E-state index in [9.17, 15) is 5.11 Å². The number of rotatable bonds is 2. The van der Waals surface area contributed by atoms with E-state index in [0.717, 1.165) is 10.0 Å². The Labute approximate surface area is 96.7 Å². The highest BCUT2D eigenvalue weighted by Crippen LogP contribution is 2.21. The maximum Gasteiger partial charge on any atom is 0.121 e. The summed E-state index contributed by atoms with van der Waals surface area (Å²) in [5.41, 5.74) is 1.51. The molecule has 0 fully saturated rings. The van der Waals surface area contributed by atoms with Crippen LogP contribution in [0.25, 0.3) is 0 Å². The predicted octanol–water partition coefficient (Wildman–Crippen LogP) is 2.93. The first kappa shape index (κ1) is 10.3. The van der Waals surface area contributed by atoms with Gasteiger partial charge >= 0.3 is 0 Å². The average Bonchev–Trinajstić information content (AvgIpc) is 2.30. The molecule has 0 unspecified atom stereocenters. The molecular formula is C12H10BrNO. The second-order valence-electron chi connectivity index (χ2n) is 3.21. The first-order valence-electron chi connectivity index (χ1n) is 4.62. The Morgan fingerprint density at radius 2 is 1.80 bits per heavy atom. The lowest BCUT2D eigenvalue weighted by molar-refractivity contribution is 0.215. The molecule has 15 heavy (non-hydrogen) atoms. The van der Waals surface area contributed by atoms with Crippen molar-refractivity contribution in [3.8, 4) is 0 Å². The highest BCUT2D eigenvalue weighted by atomic mass is 79.9. The van der Waals surface area contributed by atoms with Crippen molar-refractivity contribution in [2.75, 3.05) is 0 Å². The molecular weight excluding hydrogens is 254 g/mol. The number of benzene rings is 1. The maximum absolute atomic E-state index is 10.0. The van der Waals surface area contributed by atoms with E-state index >= 15 is 0 Å². The number of aliphatic hydroxyl groups is 1. The summed E-state index contributed by atoms with van der Waals surface area (Å²) < 4.78 is 1.000. The number of hydrogen-bond donors (Lipinski definition) is 1. The van der Waals surface area contributed by atoms with Crippen molar-refractivity contribution in [1.29, 1.82) is 0 Å². The zero-order valence-electron chi connectivity index (χ0n) is 7.97. The molecule has 0 aliphatic rings. The van der Waals surface area contributed by atoms with E-state index in [0.29, 0.717) is 5.69 Å². The Kier molecular flexibility index (Phi) is 3.14. The minimum atomic E-state index is -0.653. The number of aliphatic hydroxyl groups excluding tert-OH is 1. The van der Waals surface area contributed by atoms with Crippen molar-refractivity contribution in [2.45, 2.75) is 6.10 Å². The third-order valence-corrected chi connectivity index (χ3v) is 2.68. The average molecular weight is 264 g/mol. The van der Waals surface area contributed by atoms with E-state index in [4.69, 9.17) is 0 Å². The summed E-state index contributed by atoms with van der Waals surface area (Å²) in [6.07, 6.45) is 1.02. The van der Waals surface area contributed by atoms with E-state index in [1.165, 1.54) is 0 Å². The van der Waals surface area contributed by atoms with Crippen LogP contribution in [-0.2, 0) is 0 Å². The first-order valence-corrected chi connectivity index (χ1v) is 5.41. The number of nitrogens with zero attached hydrogens (tertiary/aromatic N) is 1. The summed E-state index contributed by atoms with van der Waals surface area (Å²) in [4.78, 5) is 4.12. The van der Waals surface area contributed by atoms with Crippen LogP contribution in [0.15, 0.2) is 53.1 Å². The van der Waals surface area contributed by atoms with Gasteiger partial charge in [0.05, 0.1) is 5.69 Å². The molecule has 0 radical (unpaired) electrons. The fourth-order valence-corrected chi connectivity index (χ4v) is 1.62. The largest absolute Gasteiger partial charge is 0.382 e. The van der Waals surface area contributed by atoms with E-state index in [2.05, 4.69) is 20.9 Å². The van der Waals surface area contributed by atoms with Crippen LogP contribution < -0.4 is 0 Å². The molecule has 1 aromatic heterocycles. The van der Waals surface area contributed by atoms with Crippen molar-refractivity contribution in [3.05, 3.63) is 64.4 Å². The molecule has 0 bridgehead atoms. The normalized spacial score (nSPS) is 12.4. The molecule has 76 valence electrons. The van der Waals surface area contributed by atoms with Gasteiger partial charge in [0.15, 0.2) is 0 Å². The SMILES string of the molecule is O[C@@H](c1ccc(Br)cc1)c1ccccn1.